The Hall–Kier alpha value is -2.66. The highest BCUT2D eigenvalue weighted by Gasteiger charge is 2.22. The van der Waals surface area contributed by atoms with Crippen LogP contribution in [0.2, 0.25) is 0 Å². The van der Waals surface area contributed by atoms with Gasteiger partial charge in [0.05, 0.1) is 28.4 Å². The second kappa shape index (κ2) is 7.76. The number of hydrogen-bond donors (Lipinski definition) is 0. The van der Waals surface area contributed by atoms with E-state index in [-0.39, 0.29) is 0 Å². The molecule has 0 saturated heterocycles. The first-order valence-corrected chi connectivity index (χ1v) is 10.1. The van der Waals surface area contributed by atoms with Crippen molar-refractivity contribution in [2.75, 3.05) is 28.4 Å². The highest BCUT2D eigenvalue weighted by atomic mass is 32.1. The van der Waals surface area contributed by atoms with E-state index in [9.17, 15) is 0 Å². The minimum Gasteiger partial charge on any atom is -0.497 e. The number of hydrogen-bond acceptors (Lipinski definition) is 5. The number of allylic oxidation sites excluding steroid dienone is 1. The lowest BCUT2D eigenvalue weighted by Crippen LogP contribution is -2.03. The van der Waals surface area contributed by atoms with Crippen molar-refractivity contribution in [3.05, 3.63) is 52.4 Å². The van der Waals surface area contributed by atoms with Crippen LogP contribution in [-0.4, -0.2) is 28.4 Å². The molecular weight excluding hydrogens is 372 g/mol. The predicted octanol–water partition coefficient (Wildman–Crippen LogP) is 5.92. The van der Waals surface area contributed by atoms with E-state index in [1.807, 2.05) is 18.2 Å². The van der Waals surface area contributed by atoms with Crippen molar-refractivity contribution in [1.29, 1.82) is 0 Å². The summed E-state index contributed by atoms with van der Waals surface area (Å²) in [6, 6.07) is 12.6. The van der Waals surface area contributed by atoms with Gasteiger partial charge in [0.2, 0.25) is 5.75 Å². The second-order valence-corrected chi connectivity index (χ2v) is 7.84. The summed E-state index contributed by atoms with van der Waals surface area (Å²) in [6.45, 7) is 0. The summed E-state index contributed by atoms with van der Waals surface area (Å²) in [5, 5.41) is 1.23. The molecule has 0 aliphatic heterocycles. The zero-order valence-electron chi connectivity index (χ0n) is 16.6. The first-order valence-electron chi connectivity index (χ1n) is 9.28. The molecule has 0 radical (unpaired) electrons. The molecule has 1 fully saturated rings. The smallest absolute Gasteiger partial charge is 0.203 e. The molecule has 0 amide bonds. The molecule has 0 bridgehead atoms. The zero-order chi connectivity index (χ0) is 19.7. The molecule has 1 aliphatic carbocycles. The normalized spacial score (nSPS) is 13.2. The Bertz CT molecular complexity index is 1020. The van der Waals surface area contributed by atoms with E-state index in [1.54, 1.807) is 39.8 Å². The lowest BCUT2D eigenvalue weighted by molar-refractivity contribution is 0.324. The highest BCUT2D eigenvalue weighted by Crippen LogP contribution is 2.46. The summed E-state index contributed by atoms with van der Waals surface area (Å²) in [7, 11) is 6.64. The fourth-order valence-corrected chi connectivity index (χ4v) is 4.82. The Morgan fingerprint density at radius 2 is 1.54 bits per heavy atom. The number of fused-ring (bicyclic) bond motifs is 1. The van der Waals surface area contributed by atoms with E-state index in [1.165, 1.54) is 32.5 Å². The molecule has 4 rings (SSSR count). The molecule has 0 N–H and O–H groups in total. The Kier molecular flexibility index (Phi) is 5.18. The molecule has 3 aromatic rings. The van der Waals surface area contributed by atoms with Crippen molar-refractivity contribution < 1.29 is 18.9 Å². The maximum Gasteiger partial charge on any atom is 0.203 e. The van der Waals surface area contributed by atoms with Gasteiger partial charge in [0, 0.05) is 9.58 Å². The van der Waals surface area contributed by atoms with Crippen molar-refractivity contribution in [3.8, 4) is 23.0 Å². The van der Waals surface area contributed by atoms with E-state index >= 15 is 0 Å². The van der Waals surface area contributed by atoms with Crippen molar-refractivity contribution in [2.45, 2.75) is 19.3 Å². The van der Waals surface area contributed by atoms with Crippen LogP contribution in [0.5, 0.6) is 23.0 Å². The predicted molar refractivity (Wildman–Crippen MR) is 114 cm³/mol. The SMILES string of the molecule is COc1ccc2cc(C(=C3CCC3)c3cc(OC)c(OC)c(OC)c3)sc2c1. The first-order chi connectivity index (χ1) is 13.7. The third-order valence-electron chi connectivity index (χ3n) is 5.24. The molecule has 1 heterocycles. The van der Waals surface area contributed by atoms with Gasteiger partial charge in [0.15, 0.2) is 11.5 Å². The summed E-state index contributed by atoms with van der Waals surface area (Å²) in [5.41, 5.74) is 3.86. The Morgan fingerprint density at radius 1 is 0.821 bits per heavy atom. The topological polar surface area (TPSA) is 36.9 Å². The Labute approximate surface area is 169 Å². The maximum absolute atomic E-state index is 5.59. The first kappa shape index (κ1) is 18.7. The molecule has 1 aromatic heterocycles. The number of thiophene rings is 1. The fourth-order valence-electron chi connectivity index (χ4n) is 3.61. The average molecular weight is 397 g/mol. The van der Waals surface area contributed by atoms with Gasteiger partial charge in [0.1, 0.15) is 5.75 Å². The van der Waals surface area contributed by atoms with Gasteiger partial charge >= 0.3 is 0 Å². The van der Waals surface area contributed by atoms with Gasteiger partial charge in [-0.2, -0.15) is 0 Å². The van der Waals surface area contributed by atoms with E-state index in [4.69, 9.17) is 18.9 Å². The van der Waals surface area contributed by atoms with E-state index < -0.39 is 0 Å². The van der Waals surface area contributed by atoms with Gasteiger partial charge in [-0.3, -0.25) is 0 Å². The molecule has 28 heavy (non-hydrogen) atoms. The van der Waals surface area contributed by atoms with Gasteiger partial charge in [-0.25, -0.2) is 0 Å². The Morgan fingerprint density at radius 3 is 2.07 bits per heavy atom. The third-order valence-corrected chi connectivity index (χ3v) is 6.35. The fraction of sp³-hybridized carbons (Fsp3) is 0.304. The van der Waals surface area contributed by atoms with Crippen molar-refractivity contribution in [3.63, 3.8) is 0 Å². The number of methoxy groups -OCH3 is 4. The molecule has 5 heteroatoms. The van der Waals surface area contributed by atoms with Gasteiger partial charge in [-0.05, 0) is 72.2 Å². The summed E-state index contributed by atoms with van der Waals surface area (Å²) in [5.74, 6) is 2.86. The molecule has 146 valence electrons. The monoisotopic (exact) mass is 396 g/mol. The molecule has 0 unspecified atom stereocenters. The van der Waals surface area contributed by atoms with Gasteiger partial charge in [-0.1, -0.05) is 5.57 Å². The minimum absolute atomic E-state index is 0.618. The lowest BCUT2D eigenvalue weighted by Gasteiger charge is -2.23. The van der Waals surface area contributed by atoms with Crippen LogP contribution in [0.15, 0.2) is 42.0 Å². The maximum atomic E-state index is 5.59. The molecule has 0 spiro atoms. The average Bonchev–Trinajstić information content (AvgIpc) is 3.11. The van der Waals surface area contributed by atoms with Crippen LogP contribution in [0.25, 0.3) is 15.7 Å². The van der Waals surface area contributed by atoms with Gasteiger partial charge in [-0.15, -0.1) is 11.3 Å². The highest BCUT2D eigenvalue weighted by molar-refractivity contribution is 7.20. The van der Waals surface area contributed by atoms with E-state index in [0.29, 0.717) is 17.2 Å². The third kappa shape index (κ3) is 3.20. The molecule has 4 nitrogen and oxygen atoms in total. The lowest BCUT2D eigenvalue weighted by atomic mass is 9.84. The number of ether oxygens (including phenoxy) is 4. The van der Waals surface area contributed by atoms with Crippen LogP contribution < -0.4 is 18.9 Å². The molecule has 1 aliphatic rings. The standard InChI is InChI=1S/C23H24O4S/c1-24-17-9-8-15-12-21(28-20(15)13-17)22(14-6-5-7-14)16-10-18(25-2)23(27-4)19(11-16)26-3/h8-13H,5-7H2,1-4H3. The molecule has 0 atom stereocenters. The summed E-state index contributed by atoms with van der Waals surface area (Å²) < 4.78 is 23.3. The van der Waals surface area contributed by atoms with Crippen molar-refractivity contribution in [2.24, 2.45) is 0 Å². The molecular formula is C23H24O4S. The van der Waals surface area contributed by atoms with Gasteiger partial charge < -0.3 is 18.9 Å². The van der Waals surface area contributed by atoms with Gasteiger partial charge in [0.25, 0.3) is 0 Å². The van der Waals surface area contributed by atoms with Crippen LogP contribution in [0.1, 0.15) is 29.7 Å². The van der Waals surface area contributed by atoms with Crippen LogP contribution >= 0.6 is 11.3 Å². The van der Waals surface area contributed by atoms with Crippen LogP contribution in [0.3, 0.4) is 0 Å². The Balaban J connectivity index is 1.89. The minimum atomic E-state index is 0.618. The number of benzene rings is 2. The summed E-state index contributed by atoms with van der Waals surface area (Å²) in [6.07, 6.45) is 3.50. The van der Waals surface area contributed by atoms with E-state index in [0.717, 1.165) is 24.2 Å². The van der Waals surface area contributed by atoms with Crippen molar-refractivity contribution in [1.82, 2.24) is 0 Å². The summed E-state index contributed by atoms with van der Waals surface area (Å²) in [4.78, 5) is 1.26. The second-order valence-electron chi connectivity index (χ2n) is 6.76. The largest absolute Gasteiger partial charge is 0.497 e. The molecule has 1 saturated carbocycles. The zero-order valence-corrected chi connectivity index (χ0v) is 17.4. The van der Waals surface area contributed by atoms with Crippen molar-refractivity contribution >= 4 is 27.0 Å². The van der Waals surface area contributed by atoms with Crippen LogP contribution in [0.4, 0.5) is 0 Å². The summed E-state index contributed by atoms with van der Waals surface area (Å²) >= 11 is 1.79. The number of rotatable bonds is 6. The van der Waals surface area contributed by atoms with E-state index in [2.05, 4.69) is 18.2 Å². The molecule has 2 aromatic carbocycles. The van der Waals surface area contributed by atoms with Crippen LogP contribution in [0, 0.1) is 0 Å². The van der Waals surface area contributed by atoms with Crippen LogP contribution in [-0.2, 0) is 0 Å². The quantitative estimate of drug-likeness (QED) is 0.518.